The molecule has 0 atom stereocenters. The van der Waals surface area contributed by atoms with Crippen LogP contribution in [-0.4, -0.2) is 25.8 Å². The molecule has 2 N–H and O–H groups in total. The first-order valence-electron chi connectivity index (χ1n) is 5.35. The van der Waals surface area contributed by atoms with Crippen molar-refractivity contribution in [3.63, 3.8) is 0 Å². The van der Waals surface area contributed by atoms with Gasteiger partial charge in [-0.05, 0) is 24.3 Å². The van der Waals surface area contributed by atoms with Gasteiger partial charge in [-0.1, -0.05) is 0 Å². The Labute approximate surface area is 102 Å². The lowest BCUT2D eigenvalue weighted by Gasteiger charge is -1.99. The maximum absolute atomic E-state index is 11.9. The Bertz CT molecular complexity index is 659. The molecule has 0 radical (unpaired) electrons. The molecule has 0 aliphatic carbocycles. The van der Waals surface area contributed by atoms with Crippen molar-refractivity contribution in [3.05, 3.63) is 48.5 Å². The van der Waals surface area contributed by atoms with E-state index >= 15 is 0 Å². The fourth-order valence-electron chi connectivity index (χ4n) is 1.61. The summed E-state index contributed by atoms with van der Waals surface area (Å²) in [5, 5.41) is 2.60. The third-order valence-corrected chi connectivity index (χ3v) is 2.42. The molecule has 3 rings (SSSR count). The highest BCUT2D eigenvalue weighted by atomic mass is 16.2. The highest BCUT2D eigenvalue weighted by Gasteiger charge is 2.10. The Morgan fingerprint density at radius 1 is 1.11 bits per heavy atom. The van der Waals surface area contributed by atoms with Crippen molar-refractivity contribution in [1.29, 1.82) is 0 Å². The van der Waals surface area contributed by atoms with Gasteiger partial charge in [0.1, 0.15) is 5.69 Å². The first-order valence-corrected chi connectivity index (χ1v) is 5.35. The largest absolute Gasteiger partial charge is 0.349 e. The number of amides is 1. The van der Waals surface area contributed by atoms with Crippen molar-refractivity contribution in [3.8, 4) is 0 Å². The fourth-order valence-corrected chi connectivity index (χ4v) is 1.61. The summed E-state index contributed by atoms with van der Waals surface area (Å²) in [6.07, 6.45) is 4.81. The molecule has 0 fully saturated rings. The van der Waals surface area contributed by atoms with Gasteiger partial charge >= 0.3 is 0 Å². The molecule has 0 unspecified atom stereocenters. The SMILES string of the molecule is O=C(Nc1ncccn1)c1cc2ncccc2[nH]1. The second-order valence-corrected chi connectivity index (χ2v) is 3.65. The van der Waals surface area contributed by atoms with E-state index in [1.54, 1.807) is 36.8 Å². The predicted molar refractivity (Wildman–Crippen MR) is 66.1 cm³/mol. The maximum atomic E-state index is 11.9. The van der Waals surface area contributed by atoms with E-state index in [2.05, 4.69) is 25.3 Å². The number of nitrogens with one attached hydrogen (secondary N) is 2. The summed E-state index contributed by atoms with van der Waals surface area (Å²) in [6, 6.07) is 7.04. The lowest BCUT2D eigenvalue weighted by molar-refractivity contribution is 0.102. The van der Waals surface area contributed by atoms with Crippen molar-refractivity contribution < 1.29 is 4.79 Å². The number of carbonyl (C=O) groups is 1. The Kier molecular flexibility index (Phi) is 2.45. The number of aromatic amines is 1. The number of pyridine rings is 1. The zero-order valence-electron chi connectivity index (χ0n) is 9.29. The van der Waals surface area contributed by atoms with E-state index in [1.165, 1.54) is 0 Å². The minimum absolute atomic E-state index is 0.272. The van der Waals surface area contributed by atoms with E-state index in [-0.39, 0.29) is 11.9 Å². The number of rotatable bonds is 2. The second-order valence-electron chi connectivity index (χ2n) is 3.65. The van der Waals surface area contributed by atoms with Crippen LogP contribution in [0.25, 0.3) is 11.0 Å². The van der Waals surface area contributed by atoms with E-state index in [0.29, 0.717) is 5.69 Å². The van der Waals surface area contributed by atoms with Crippen LogP contribution in [0.2, 0.25) is 0 Å². The van der Waals surface area contributed by atoms with E-state index in [1.807, 2.05) is 6.07 Å². The first kappa shape index (κ1) is 10.4. The highest BCUT2D eigenvalue weighted by molar-refractivity contribution is 6.04. The molecule has 1 amide bonds. The Morgan fingerprint density at radius 3 is 2.67 bits per heavy atom. The third kappa shape index (κ3) is 1.91. The van der Waals surface area contributed by atoms with Gasteiger partial charge in [0.15, 0.2) is 0 Å². The monoisotopic (exact) mass is 239 g/mol. The van der Waals surface area contributed by atoms with Crippen LogP contribution in [0.4, 0.5) is 5.95 Å². The number of fused-ring (bicyclic) bond motifs is 1. The van der Waals surface area contributed by atoms with Crippen LogP contribution >= 0.6 is 0 Å². The average molecular weight is 239 g/mol. The van der Waals surface area contributed by atoms with Crippen molar-refractivity contribution >= 4 is 22.9 Å². The zero-order chi connectivity index (χ0) is 12.4. The maximum Gasteiger partial charge on any atom is 0.274 e. The Balaban J connectivity index is 1.88. The molecule has 0 aliphatic rings. The van der Waals surface area contributed by atoms with Gasteiger partial charge < -0.3 is 4.98 Å². The van der Waals surface area contributed by atoms with Gasteiger partial charge in [-0.25, -0.2) is 9.97 Å². The molecular weight excluding hydrogens is 230 g/mol. The highest BCUT2D eigenvalue weighted by Crippen LogP contribution is 2.12. The van der Waals surface area contributed by atoms with Crippen molar-refractivity contribution in [2.75, 3.05) is 5.32 Å². The normalized spacial score (nSPS) is 10.4. The number of hydrogen-bond donors (Lipinski definition) is 2. The molecule has 3 heterocycles. The van der Waals surface area contributed by atoms with Crippen LogP contribution in [0, 0.1) is 0 Å². The molecule has 3 aromatic heterocycles. The van der Waals surface area contributed by atoms with Gasteiger partial charge in [0.25, 0.3) is 5.91 Å². The smallest absolute Gasteiger partial charge is 0.274 e. The molecule has 6 nitrogen and oxygen atoms in total. The fraction of sp³-hybridized carbons (Fsp3) is 0. The molecule has 6 heteroatoms. The van der Waals surface area contributed by atoms with Crippen LogP contribution in [0.15, 0.2) is 42.9 Å². The van der Waals surface area contributed by atoms with Gasteiger partial charge in [-0.3, -0.25) is 15.1 Å². The molecule has 0 saturated heterocycles. The Hall–Kier alpha value is -2.76. The van der Waals surface area contributed by atoms with Gasteiger partial charge in [0, 0.05) is 18.6 Å². The molecule has 88 valence electrons. The van der Waals surface area contributed by atoms with E-state index in [0.717, 1.165) is 11.0 Å². The zero-order valence-corrected chi connectivity index (χ0v) is 9.29. The van der Waals surface area contributed by atoms with Crippen LogP contribution in [0.3, 0.4) is 0 Å². The first-order chi connectivity index (χ1) is 8.83. The summed E-state index contributed by atoms with van der Waals surface area (Å²) in [5.74, 6) is -0.0201. The molecule has 0 spiro atoms. The van der Waals surface area contributed by atoms with Gasteiger partial charge in [-0.2, -0.15) is 0 Å². The lowest BCUT2D eigenvalue weighted by Crippen LogP contribution is -2.14. The molecule has 18 heavy (non-hydrogen) atoms. The average Bonchev–Trinajstić information content (AvgIpc) is 2.84. The molecule has 0 aliphatic heterocycles. The molecule has 0 aromatic carbocycles. The summed E-state index contributed by atoms with van der Waals surface area (Å²) in [4.78, 5) is 26.9. The number of H-pyrrole nitrogens is 1. The predicted octanol–water partition coefficient (Wildman–Crippen LogP) is 1.61. The summed E-state index contributed by atoms with van der Waals surface area (Å²) in [7, 11) is 0. The Morgan fingerprint density at radius 2 is 1.89 bits per heavy atom. The van der Waals surface area contributed by atoms with Crippen molar-refractivity contribution in [2.45, 2.75) is 0 Å². The van der Waals surface area contributed by atoms with Crippen LogP contribution in [0.5, 0.6) is 0 Å². The topological polar surface area (TPSA) is 83.6 Å². The molecule has 3 aromatic rings. The van der Waals surface area contributed by atoms with Crippen molar-refractivity contribution in [1.82, 2.24) is 19.9 Å². The van der Waals surface area contributed by atoms with Gasteiger partial charge in [0.05, 0.1) is 11.0 Å². The minimum atomic E-state index is -0.292. The second kappa shape index (κ2) is 4.25. The number of anilines is 1. The van der Waals surface area contributed by atoms with E-state index < -0.39 is 0 Å². The summed E-state index contributed by atoms with van der Waals surface area (Å²) >= 11 is 0. The quantitative estimate of drug-likeness (QED) is 0.711. The lowest BCUT2D eigenvalue weighted by atomic mass is 10.3. The molecular formula is C12H9N5O. The van der Waals surface area contributed by atoms with Crippen LogP contribution in [-0.2, 0) is 0 Å². The van der Waals surface area contributed by atoms with Crippen LogP contribution < -0.4 is 5.32 Å². The number of carbonyl (C=O) groups excluding carboxylic acids is 1. The summed E-state index contributed by atoms with van der Waals surface area (Å²) in [5.41, 5.74) is 1.99. The van der Waals surface area contributed by atoms with Gasteiger partial charge in [0.2, 0.25) is 5.95 Å². The van der Waals surface area contributed by atoms with E-state index in [4.69, 9.17) is 0 Å². The van der Waals surface area contributed by atoms with Crippen LogP contribution in [0.1, 0.15) is 10.5 Å². The summed E-state index contributed by atoms with van der Waals surface area (Å²) in [6.45, 7) is 0. The number of nitrogens with zero attached hydrogens (tertiary/aromatic N) is 3. The minimum Gasteiger partial charge on any atom is -0.349 e. The molecule has 0 saturated carbocycles. The van der Waals surface area contributed by atoms with E-state index in [9.17, 15) is 4.79 Å². The van der Waals surface area contributed by atoms with Crippen molar-refractivity contribution in [2.24, 2.45) is 0 Å². The molecule has 0 bridgehead atoms. The third-order valence-electron chi connectivity index (χ3n) is 2.42. The number of hydrogen-bond acceptors (Lipinski definition) is 4. The summed E-state index contributed by atoms with van der Waals surface area (Å²) < 4.78 is 0. The number of aromatic nitrogens is 4. The van der Waals surface area contributed by atoms with Gasteiger partial charge in [-0.15, -0.1) is 0 Å². The standard InChI is InChI=1S/C12H9N5O/c18-11(17-12-14-5-2-6-15-12)10-7-9-8(16-10)3-1-4-13-9/h1-7,16H,(H,14,15,17,18).